The third kappa shape index (κ3) is 3.80. The van der Waals surface area contributed by atoms with Crippen LogP contribution in [0.2, 0.25) is 0 Å². The molecule has 0 aliphatic rings. The van der Waals surface area contributed by atoms with Crippen molar-refractivity contribution in [2.45, 2.75) is 25.4 Å². The van der Waals surface area contributed by atoms with E-state index in [2.05, 4.69) is 10.1 Å². The van der Waals surface area contributed by atoms with Crippen LogP contribution in [0.5, 0.6) is 0 Å². The van der Waals surface area contributed by atoms with Crippen molar-refractivity contribution in [2.24, 2.45) is 0 Å². The Balaban J connectivity index is 2.08. The van der Waals surface area contributed by atoms with Crippen LogP contribution in [0.3, 0.4) is 0 Å². The summed E-state index contributed by atoms with van der Waals surface area (Å²) in [6.07, 6.45) is -3.23. The second-order valence-corrected chi connectivity index (χ2v) is 4.31. The van der Waals surface area contributed by atoms with Crippen LogP contribution in [0, 0.1) is 0 Å². The monoisotopic (exact) mass is 286 g/mol. The third-order valence-electron chi connectivity index (χ3n) is 2.68. The van der Waals surface area contributed by atoms with Gasteiger partial charge in [0.15, 0.2) is 5.82 Å². The normalized spacial score (nSPS) is 11.8. The van der Waals surface area contributed by atoms with Crippen molar-refractivity contribution in [1.82, 2.24) is 10.1 Å². The first-order chi connectivity index (χ1) is 9.49. The van der Waals surface area contributed by atoms with E-state index >= 15 is 0 Å². The molecular weight excluding hydrogens is 273 g/mol. The zero-order valence-electron chi connectivity index (χ0n) is 10.5. The van der Waals surface area contributed by atoms with E-state index in [1.54, 1.807) is 6.07 Å². The molecule has 2 rings (SSSR count). The molecule has 0 fully saturated rings. The number of halogens is 3. The van der Waals surface area contributed by atoms with E-state index in [1.807, 2.05) is 0 Å². The van der Waals surface area contributed by atoms with Gasteiger partial charge in [-0.15, -0.1) is 0 Å². The average molecular weight is 286 g/mol. The molecule has 20 heavy (non-hydrogen) atoms. The summed E-state index contributed by atoms with van der Waals surface area (Å²) >= 11 is 0. The van der Waals surface area contributed by atoms with Crippen LogP contribution in [0.25, 0.3) is 0 Å². The van der Waals surface area contributed by atoms with E-state index in [0.29, 0.717) is 30.1 Å². The van der Waals surface area contributed by atoms with Gasteiger partial charge in [0.2, 0.25) is 5.89 Å². The highest BCUT2D eigenvalue weighted by Gasteiger charge is 2.30. The highest BCUT2D eigenvalue weighted by atomic mass is 19.4. The molecule has 0 aliphatic carbocycles. The Bertz CT molecular complexity index is 567. The number of aryl methyl sites for hydroxylation is 1. The predicted molar refractivity (Wildman–Crippen MR) is 64.0 cm³/mol. The quantitative estimate of drug-likeness (QED) is 0.918. The van der Waals surface area contributed by atoms with Gasteiger partial charge in [-0.3, -0.25) is 0 Å². The molecule has 0 saturated carbocycles. The van der Waals surface area contributed by atoms with Gasteiger partial charge in [0.25, 0.3) is 0 Å². The van der Waals surface area contributed by atoms with Gasteiger partial charge in [0.05, 0.1) is 5.56 Å². The van der Waals surface area contributed by atoms with E-state index in [9.17, 15) is 13.2 Å². The molecule has 0 saturated heterocycles. The molecule has 4 nitrogen and oxygen atoms in total. The van der Waals surface area contributed by atoms with E-state index in [-0.39, 0.29) is 13.0 Å². The van der Waals surface area contributed by atoms with Crippen molar-refractivity contribution in [3.63, 3.8) is 0 Å². The number of hydrogen-bond acceptors (Lipinski definition) is 4. The summed E-state index contributed by atoms with van der Waals surface area (Å²) in [5, 5.41) is 12.4. The molecule has 108 valence electrons. The summed E-state index contributed by atoms with van der Waals surface area (Å²) < 4.78 is 42.7. The predicted octanol–water partition coefficient (Wildman–Crippen LogP) is 2.60. The van der Waals surface area contributed by atoms with Crippen LogP contribution in [0.4, 0.5) is 13.2 Å². The van der Waals surface area contributed by atoms with E-state index in [1.165, 1.54) is 6.07 Å². The maximum atomic E-state index is 12.6. The minimum absolute atomic E-state index is 0.0192. The molecular formula is C13H13F3N2O2. The number of nitrogens with zero attached hydrogens (tertiary/aromatic N) is 2. The zero-order valence-corrected chi connectivity index (χ0v) is 10.5. The van der Waals surface area contributed by atoms with Crippen LogP contribution in [-0.2, 0) is 19.0 Å². The molecule has 1 aromatic carbocycles. The molecule has 0 aliphatic heterocycles. The second kappa shape index (κ2) is 6.04. The maximum absolute atomic E-state index is 12.6. The molecule has 0 bridgehead atoms. The van der Waals surface area contributed by atoms with Crippen molar-refractivity contribution < 1.29 is 22.8 Å². The van der Waals surface area contributed by atoms with Gasteiger partial charge in [-0.1, -0.05) is 23.4 Å². The molecule has 0 atom stereocenters. The minimum Gasteiger partial charge on any atom is -0.396 e. The Labute approximate surface area is 113 Å². The number of rotatable bonds is 5. The Morgan fingerprint density at radius 3 is 2.75 bits per heavy atom. The fraction of sp³-hybridized carbons (Fsp3) is 0.385. The first-order valence-corrected chi connectivity index (χ1v) is 6.07. The van der Waals surface area contributed by atoms with Crippen LogP contribution in [-0.4, -0.2) is 21.9 Å². The summed E-state index contributed by atoms with van der Waals surface area (Å²) in [4.78, 5) is 4.06. The van der Waals surface area contributed by atoms with Gasteiger partial charge in [-0.05, 0) is 18.1 Å². The fourth-order valence-electron chi connectivity index (χ4n) is 1.73. The first kappa shape index (κ1) is 14.5. The van der Waals surface area contributed by atoms with Crippen molar-refractivity contribution in [3.8, 4) is 0 Å². The van der Waals surface area contributed by atoms with E-state index in [4.69, 9.17) is 9.63 Å². The summed E-state index contributed by atoms with van der Waals surface area (Å²) in [5.41, 5.74) is -0.228. The molecule has 0 amide bonds. The average Bonchev–Trinajstić information content (AvgIpc) is 2.83. The molecule has 1 aromatic heterocycles. The lowest BCUT2D eigenvalue weighted by molar-refractivity contribution is -0.137. The molecule has 0 radical (unpaired) electrons. The smallest absolute Gasteiger partial charge is 0.396 e. The Hall–Kier alpha value is -1.89. The zero-order chi connectivity index (χ0) is 14.6. The molecule has 0 spiro atoms. The number of aliphatic hydroxyl groups excluding tert-OH is 1. The van der Waals surface area contributed by atoms with Gasteiger partial charge in [0, 0.05) is 19.4 Å². The Kier molecular flexibility index (Phi) is 4.39. The van der Waals surface area contributed by atoms with Gasteiger partial charge in [-0.25, -0.2) is 0 Å². The van der Waals surface area contributed by atoms with Crippen molar-refractivity contribution in [3.05, 3.63) is 47.1 Å². The van der Waals surface area contributed by atoms with Gasteiger partial charge >= 0.3 is 6.18 Å². The maximum Gasteiger partial charge on any atom is 0.416 e. The Morgan fingerprint density at radius 1 is 1.25 bits per heavy atom. The first-order valence-electron chi connectivity index (χ1n) is 6.07. The van der Waals surface area contributed by atoms with Gasteiger partial charge in [-0.2, -0.15) is 18.2 Å². The number of alkyl halides is 3. The lowest BCUT2D eigenvalue weighted by atomic mass is 10.1. The summed E-state index contributed by atoms with van der Waals surface area (Å²) in [7, 11) is 0. The molecule has 0 unspecified atom stereocenters. The van der Waals surface area contributed by atoms with Crippen LogP contribution in [0.15, 0.2) is 28.8 Å². The highest BCUT2D eigenvalue weighted by Crippen LogP contribution is 2.29. The standard InChI is InChI=1S/C13H13F3N2O2/c14-13(15,16)10-4-1-3-9(7-10)8-11-17-12(20-18-11)5-2-6-19/h1,3-4,7,19H,2,5-6,8H2. The highest BCUT2D eigenvalue weighted by molar-refractivity contribution is 5.27. The fourth-order valence-corrected chi connectivity index (χ4v) is 1.73. The van der Waals surface area contributed by atoms with Crippen LogP contribution >= 0.6 is 0 Å². The number of aliphatic hydroxyl groups is 1. The largest absolute Gasteiger partial charge is 0.416 e. The van der Waals surface area contributed by atoms with Gasteiger partial charge in [0.1, 0.15) is 0 Å². The van der Waals surface area contributed by atoms with Crippen LogP contribution in [0.1, 0.15) is 29.3 Å². The third-order valence-corrected chi connectivity index (χ3v) is 2.68. The number of aromatic nitrogens is 2. The molecule has 1 N–H and O–H groups in total. The second-order valence-electron chi connectivity index (χ2n) is 4.31. The Morgan fingerprint density at radius 2 is 2.05 bits per heavy atom. The van der Waals surface area contributed by atoms with Gasteiger partial charge < -0.3 is 9.63 Å². The van der Waals surface area contributed by atoms with E-state index < -0.39 is 11.7 Å². The molecule has 1 heterocycles. The summed E-state index contributed by atoms with van der Waals surface area (Å²) in [5.74, 6) is 0.707. The number of benzene rings is 1. The van der Waals surface area contributed by atoms with Crippen molar-refractivity contribution in [1.29, 1.82) is 0 Å². The van der Waals surface area contributed by atoms with Crippen molar-refractivity contribution in [2.75, 3.05) is 6.61 Å². The molecule has 7 heteroatoms. The topological polar surface area (TPSA) is 59.2 Å². The summed E-state index contributed by atoms with van der Waals surface area (Å²) in [6.45, 7) is 0.0192. The minimum atomic E-state index is -4.36. The number of hydrogen-bond donors (Lipinski definition) is 1. The molecule has 2 aromatic rings. The van der Waals surface area contributed by atoms with E-state index in [0.717, 1.165) is 12.1 Å². The lowest BCUT2D eigenvalue weighted by Crippen LogP contribution is -2.05. The van der Waals surface area contributed by atoms with Crippen LogP contribution < -0.4 is 0 Å². The van der Waals surface area contributed by atoms with Crippen molar-refractivity contribution >= 4 is 0 Å². The lowest BCUT2D eigenvalue weighted by Gasteiger charge is -2.07. The summed E-state index contributed by atoms with van der Waals surface area (Å²) in [6, 6.07) is 5.03. The SMILES string of the molecule is OCCCc1nc(Cc2cccc(C(F)(F)F)c2)no1.